The van der Waals surface area contributed by atoms with Gasteiger partial charge in [0.1, 0.15) is 5.82 Å². The van der Waals surface area contributed by atoms with Gasteiger partial charge in [0.25, 0.3) is 0 Å². The molecule has 2 aromatic carbocycles. The van der Waals surface area contributed by atoms with E-state index in [-0.39, 0.29) is 17.8 Å². The summed E-state index contributed by atoms with van der Waals surface area (Å²) in [4.78, 5) is 19.4. The van der Waals surface area contributed by atoms with Crippen LogP contribution in [0.4, 0.5) is 10.1 Å². The molecule has 1 unspecified atom stereocenters. The number of rotatable bonds is 4. The monoisotopic (exact) mass is 437 g/mol. The maximum absolute atomic E-state index is 13.8. The van der Waals surface area contributed by atoms with Crippen molar-refractivity contribution in [1.29, 1.82) is 0 Å². The molecular weight excluding hydrogens is 413 g/mol. The maximum Gasteiger partial charge on any atom is 0.241 e. The number of benzene rings is 2. The molecule has 1 saturated heterocycles. The third-order valence-corrected chi connectivity index (χ3v) is 7.25. The summed E-state index contributed by atoms with van der Waals surface area (Å²) in [6, 6.07) is 13.9. The average molecular weight is 438 g/mol. The molecule has 2 fully saturated rings. The second-order valence-electron chi connectivity index (χ2n) is 8.88. The molecule has 0 spiro atoms. The van der Waals surface area contributed by atoms with Gasteiger partial charge >= 0.3 is 0 Å². The SMILES string of the molecule is CC(C(=O)Nc1ccc(Cl)cc1)N1C[C@H]2C[C@@H](c3ccnc4ccc(F)cc34)C[C@H]2C1. The minimum absolute atomic E-state index is 0.00875. The van der Waals surface area contributed by atoms with E-state index in [1.807, 2.05) is 31.3 Å². The largest absolute Gasteiger partial charge is 0.325 e. The molecule has 0 radical (unpaired) electrons. The lowest BCUT2D eigenvalue weighted by atomic mass is 9.93. The van der Waals surface area contributed by atoms with Crippen molar-refractivity contribution >= 4 is 34.1 Å². The van der Waals surface area contributed by atoms with Crippen LogP contribution in [0.25, 0.3) is 10.9 Å². The Kier molecular flexibility index (Phi) is 5.40. The van der Waals surface area contributed by atoms with Gasteiger partial charge in [0, 0.05) is 35.4 Å². The number of anilines is 1. The van der Waals surface area contributed by atoms with E-state index in [9.17, 15) is 9.18 Å². The van der Waals surface area contributed by atoms with Crippen molar-refractivity contribution in [3.63, 3.8) is 0 Å². The molecule has 6 heteroatoms. The number of hydrogen-bond acceptors (Lipinski definition) is 3. The molecule has 4 atom stereocenters. The molecule has 1 saturated carbocycles. The number of fused-ring (bicyclic) bond motifs is 2. The molecule has 1 amide bonds. The van der Waals surface area contributed by atoms with Gasteiger partial charge in [0.15, 0.2) is 0 Å². The molecule has 160 valence electrons. The zero-order valence-electron chi connectivity index (χ0n) is 17.4. The van der Waals surface area contributed by atoms with Crippen molar-refractivity contribution < 1.29 is 9.18 Å². The lowest BCUT2D eigenvalue weighted by Crippen LogP contribution is -2.41. The Bertz CT molecular complexity index is 1110. The Balaban J connectivity index is 1.24. The Morgan fingerprint density at radius 3 is 2.55 bits per heavy atom. The number of likely N-dealkylation sites (tertiary alicyclic amines) is 1. The first kappa shape index (κ1) is 20.4. The number of carbonyl (C=O) groups excluding carboxylic acids is 1. The Morgan fingerprint density at radius 2 is 1.84 bits per heavy atom. The molecular formula is C25H25ClFN3O. The minimum atomic E-state index is -0.216. The van der Waals surface area contributed by atoms with Crippen LogP contribution in [0, 0.1) is 17.7 Å². The lowest BCUT2D eigenvalue weighted by Gasteiger charge is -2.25. The summed E-state index contributed by atoms with van der Waals surface area (Å²) < 4.78 is 13.8. The van der Waals surface area contributed by atoms with Crippen LogP contribution in [0.2, 0.25) is 5.02 Å². The first-order valence-corrected chi connectivity index (χ1v) is 11.2. The fourth-order valence-electron chi connectivity index (χ4n) is 5.35. The number of aromatic nitrogens is 1. The molecule has 2 heterocycles. The maximum atomic E-state index is 13.8. The van der Waals surface area contributed by atoms with Crippen LogP contribution in [0.1, 0.15) is 31.2 Å². The second-order valence-corrected chi connectivity index (χ2v) is 9.31. The Labute approximate surface area is 186 Å². The number of pyridine rings is 1. The Hall–Kier alpha value is -2.50. The first-order chi connectivity index (χ1) is 15.0. The van der Waals surface area contributed by atoms with Crippen molar-refractivity contribution in [3.8, 4) is 0 Å². The molecule has 31 heavy (non-hydrogen) atoms. The molecule has 2 aliphatic rings. The van der Waals surface area contributed by atoms with Crippen molar-refractivity contribution in [2.24, 2.45) is 11.8 Å². The fraction of sp³-hybridized carbons (Fsp3) is 0.360. The van der Waals surface area contributed by atoms with Gasteiger partial charge in [-0.1, -0.05) is 11.6 Å². The molecule has 0 bridgehead atoms. The van der Waals surface area contributed by atoms with Gasteiger partial charge in [0.05, 0.1) is 11.6 Å². The van der Waals surface area contributed by atoms with Gasteiger partial charge in [-0.3, -0.25) is 14.7 Å². The highest BCUT2D eigenvalue weighted by atomic mass is 35.5. The summed E-state index contributed by atoms with van der Waals surface area (Å²) in [5.41, 5.74) is 2.82. The van der Waals surface area contributed by atoms with Gasteiger partial charge in [-0.2, -0.15) is 0 Å². The van der Waals surface area contributed by atoms with E-state index in [0.29, 0.717) is 22.8 Å². The summed E-state index contributed by atoms with van der Waals surface area (Å²) in [5, 5.41) is 4.57. The number of amides is 1. The van der Waals surface area contributed by atoms with E-state index in [2.05, 4.69) is 15.2 Å². The zero-order chi connectivity index (χ0) is 21.5. The smallest absolute Gasteiger partial charge is 0.241 e. The van der Waals surface area contributed by atoms with Gasteiger partial charge < -0.3 is 5.32 Å². The predicted octanol–water partition coefficient (Wildman–Crippen LogP) is 5.48. The van der Waals surface area contributed by atoms with E-state index in [1.165, 1.54) is 11.6 Å². The van der Waals surface area contributed by atoms with E-state index in [4.69, 9.17) is 11.6 Å². The van der Waals surface area contributed by atoms with Gasteiger partial charge in [0.2, 0.25) is 5.91 Å². The highest BCUT2D eigenvalue weighted by molar-refractivity contribution is 6.30. The van der Waals surface area contributed by atoms with E-state index in [1.54, 1.807) is 24.3 Å². The molecule has 5 rings (SSSR count). The molecule has 1 aliphatic heterocycles. The number of nitrogens with zero attached hydrogens (tertiary/aromatic N) is 2. The van der Waals surface area contributed by atoms with Crippen LogP contribution >= 0.6 is 11.6 Å². The molecule has 1 aromatic heterocycles. The number of hydrogen-bond donors (Lipinski definition) is 1. The van der Waals surface area contributed by atoms with Gasteiger partial charge in [-0.05, 0) is 91.6 Å². The Morgan fingerprint density at radius 1 is 1.13 bits per heavy atom. The van der Waals surface area contributed by atoms with E-state index in [0.717, 1.165) is 42.5 Å². The highest BCUT2D eigenvalue weighted by Gasteiger charge is 2.43. The van der Waals surface area contributed by atoms with Gasteiger partial charge in [-0.25, -0.2) is 4.39 Å². The zero-order valence-corrected chi connectivity index (χ0v) is 18.1. The van der Waals surface area contributed by atoms with Crippen molar-refractivity contribution in [1.82, 2.24) is 9.88 Å². The van der Waals surface area contributed by atoms with Crippen LogP contribution in [0.3, 0.4) is 0 Å². The van der Waals surface area contributed by atoms with Crippen LogP contribution in [0.15, 0.2) is 54.7 Å². The van der Waals surface area contributed by atoms with Crippen molar-refractivity contribution in [2.75, 3.05) is 18.4 Å². The lowest BCUT2D eigenvalue weighted by molar-refractivity contribution is -0.120. The minimum Gasteiger partial charge on any atom is -0.325 e. The quantitative estimate of drug-likeness (QED) is 0.587. The first-order valence-electron chi connectivity index (χ1n) is 10.8. The van der Waals surface area contributed by atoms with Crippen LogP contribution in [-0.2, 0) is 4.79 Å². The summed E-state index contributed by atoms with van der Waals surface area (Å²) in [6.45, 7) is 3.82. The second kappa shape index (κ2) is 8.21. The fourth-order valence-corrected chi connectivity index (χ4v) is 5.47. The normalized spacial score (nSPS) is 24.3. The number of carbonyl (C=O) groups is 1. The summed E-state index contributed by atoms with van der Waals surface area (Å²) in [5.74, 6) is 1.34. The molecule has 4 nitrogen and oxygen atoms in total. The topological polar surface area (TPSA) is 45.2 Å². The van der Waals surface area contributed by atoms with E-state index < -0.39 is 0 Å². The van der Waals surface area contributed by atoms with E-state index >= 15 is 0 Å². The van der Waals surface area contributed by atoms with Crippen molar-refractivity contribution in [3.05, 3.63) is 71.1 Å². The predicted molar refractivity (Wildman–Crippen MR) is 122 cm³/mol. The summed E-state index contributed by atoms with van der Waals surface area (Å²) in [6.07, 6.45) is 3.98. The number of nitrogens with one attached hydrogen (secondary N) is 1. The van der Waals surface area contributed by atoms with Crippen LogP contribution < -0.4 is 5.32 Å². The standard InChI is InChI=1S/C25H25ClFN3O/c1-15(25(31)29-21-5-2-19(26)3-6-21)30-13-17-10-16(11-18(17)14-30)22-8-9-28-24-7-4-20(27)12-23(22)24/h2-9,12,15-18H,10-11,13-14H2,1H3,(H,29,31)/t15?,16-,17-,18+. The third kappa shape index (κ3) is 4.04. The third-order valence-electron chi connectivity index (χ3n) is 7.00. The van der Waals surface area contributed by atoms with Gasteiger partial charge in [-0.15, -0.1) is 0 Å². The highest BCUT2D eigenvalue weighted by Crippen LogP contribution is 2.47. The van der Waals surface area contributed by atoms with Crippen LogP contribution in [0.5, 0.6) is 0 Å². The average Bonchev–Trinajstić information content (AvgIpc) is 3.33. The molecule has 1 N–H and O–H groups in total. The summed E-state index contributed by atoms with van der Waals surface area (Å²) >= 11 is 5.92. The number of halogens is 2. The molecule has 3 aromatic rings. The molecule has 1 aliphatic carbocycles. The van der Waals surface area contributed by atoms with Crippen LogP contribution in [-0.4, -0.2) is 34.9 Å². The summed E-state index contributed by atoms with van der Waals surface area (Å²) in [7, 11) is 0. The van der Waals surface area contributed by atoms with Crippen molar-refractivity contribution in [2.45, 2.75) is 31.7 Å².